The molecule has 24 heavy (non-hydrogen) atoms. The molecule has 3 aromatic rings. The Morgan fingerprint density at radius 3 is 2.62 bits per heavy atom. The van der Waals surface area contributed by atoms with Crippen molar-refractivity contribution >= 4 is 34.0 Å². The molecule has 1 heterocycles. The van der Waals surface area contributed by atoms with Gasteiger partial charge in [-0.25, -0.2) is 0 Å². The number of thiophene rings is 1. The fourth-order valence-corrected chi connectivity index (χ4v) is 3.40. The Morgan fingerprint density at radius 1 is 1.08 bits per heavy atom. The highest BCUT2D eigenvalue weighted by Crippen LogP contribution is 2.24. The Morgan fingerprint density at radius 2 is 1.88 bits per heavy atom. The topological polar surface area (TPSA) is 55.4 Å². The first-order valence-corrected chi connectivity index (χ1v) is 8.46. The lowest BCUT2D eigenvalue weighted by atomic mass is 10.0. The van der Waals surface area contributed by atoms with Crippen LogP contribution in [0, 0.1) is 0 Å². The van der Waals surface area contributed by atoms with Gasteiger partial charge in [0.1, 0.15) is 0 Å². The normalized spacial score (nSPS) is 11.9. The summed E-state index contributed by atoms with van der Waals surface area (Å²) in [6, 6.07) is 16.8. The molecular weight excluding hydrogens is 322 g/mol. The van der Waals surface area contributed by atoms with E-state index in [4.69, 9.17) is 4.74 Å². The van der Waals surface area contributed by atoms with Gasteiger partial charge in [-0.05, 0) is 28.3 Å². The molecule has 1 N–H and O–H groups in total. The van der Waals surface area contributed by atoms with Crippen LogP contribution in [0.2, 0.25) is 0 Å². The number of hydrogen-bond donors (Lipinski definition) is 1. The maximum Gasteiger partial charge on any atom is 0.307 e. The van der Waals surface area contributed by atoms with E-state index in [0.29, 0.717) is 5.56 Å². The highest BCUT2D eigenvalue weighted by atomic mass is 32.1. The van der Waals surface area contributed by atoms with Gasteiger partial charge in [-0.15, -0.1) is 11.3 Å². The maximum absolute atomic E-state index is 12.8. The molecule has 0 saturated heterocycles. The van der Waals surface area contributed by atoms with Crippen molar-refractivity contribution in [2.45, 2.75) is 12.5 Å². The van der Waals surface area contributed by atoms with E-state index in [2.05, 4.69) is 5.32 Å². The summed E-state index contributed by atoms with van der Waals surface area (Å²) in [6.07, 6.45) is 0.105. The standard InChI is InChI=1S/C19H17NO3S/c1-23-18(21)12-16(17-10-5-11-24-17)20-19(22)15-9-4-7-13-6-2-3-8-14(13)15/h2-11,16H,12H2,1H3,(H,20,22). The number of amides is 1. The molecule has 0 saturated carbocycles. The number of benzene rings is 2. The third kappa shape index (κ3) is 3.46. The van der Waals surface area contributed by atoms with Crippen molar-refractivity contribution in [3.05, 3.63) is 70.4 Å². The molecule has 3 rings (SSSR count). The lowest BCUT2D eigenvalue weighted by molar-refractivity contribution is -0.141. The largest absolute Gasteiger partial charge is 0.469 e. The molecule has 0 bridgehead atoms. The third-order valence-electron chi connectivity index (χ3n) is 3.82. The first-order valence-electron chi connectivity index (χ1n) is 7.58. The van der Waals surface area contributed by atoms with E-state index in [-0.39, 0.29) is 18.3 Å². The van der Waals surface area contributed by atoms with Crippen LogP contribution in [0.4, 0.5) is 0 Å². The predicted octanol–water partition coefficient (Wildman–Crippen LogP) is 3.94. The van der Waals surface area contributed by atoms with E-state index in [1.54, 1.807) is 6.07 Å². The molecular formula is C19H17NO3S. The molecule has 0 fully saturated rings. The summed E-state index contributed by atoms with van der Waals surface area (Å²) in [5, 5.41) is 6.78. The maximum atomic E-state index is 12.8. The van der Waals surface area contributed by atoms with Crippen LogP contribution in [0.25, 0.3) is 10.8 Å². The minimum atomic E-state index is -0.399. The summed E-state index contributed by atoms with van der Waals surface area (Å²) in [5.74, 6) is -0.555. The van der Waals surface area contributed by atoms with E-state index in [9.17, 15) is 9.59 Å². The van der Waals surface area contributed by atoms with Gasteiger partial charge in [-0.2, -0.15) is 0 Å². The lowest BCUT2D eigenvalue weighted by Crippen LogP contribution is -2.30. The molecule has 1 aromatic heterocycles. The second-order valence-electron chi connectivity index (χ2n) is 5.35. The van der Waals surface area contributed by atoms with Crippen LogP contribution in [0.15, 0.2) is 60.0 Å². The molecule has 122 valence electrons. The summed E-state index contributed by atoms with van der Waals surface area (Å²) < 4.78 is 4.75. The van der Waals surface area contributed by atoms with Crippen molar-refractivity contribution in [3.63, 3.8) is 0 Å². The molecule has 0 radical (unpaired) electrons. The minimum absolute atomic E-state index is 0.105. The highest BCUT2D eigenvalue weighted by Gasteiger charge is 2.21. The number of fused-ring (bicyclic) bond motifs is 1. The zero-order chi connectivity index (χ0) is 16.9. The van der Waals surface area contributed by atoms with E-state index in [0.717, 1.165) is 15.6 Å². The Balaban J connectivity index is 1.88. The Hall–Kier alpha value is -2.66. The van der Waals surface area contributed by atoms with Crippen LogP contribution in [0.5, 0.6) is 0 Å². The monoisotopic (exact) mass is 339 g/mol. The summed E-state index contributed by atoms with van der Waals surface area (Å²) >= 11 is 1.50. The second-order valence-corrected chi connectivity index (χ2v) is 6.33. The molecule has 1 atom stereocenters. The van der Waals surface area contributed by atoms with Gasteiger partial charge in [-0.1, -0.05) is 42.5 Å². The SMILES string of the molecule is COC(=O)CC(NC(=O)c1cccc2ccccc12)c1cccs1. The summed E-state index contributed by atoms with van der Waals surface area (Å²) in [5.41, 5.74) is 0.597. The number of carbonyl (C=O) groups excluding carboxylic acids is 2. The van der Waals surface area contributed by atoms with Crippen LogP contribution in [0.1, 0.15) is 27.7 Å². The Labute approximate surface area is 144 Å². The van der Waals surface area contributed by atoms with E-state index < -0.39 is 6.04 Å². The van der Waals surface area contributed by atoms with Gasteiger partial charge in [0.15, 0.2) is 0 Å². The van der Waals surface area contributed by atoms with Gasteiger partial charge in [0.25, 0.3) is 5.91 Å². The fourth-order valence-electron chi connectivity index (χ4n) is 2.62. The van der Waals surface area contributed by atoms with Crippen LogP contribution in [-0.4, -0.2) is 19.0 Å². The van der Waals surface area contributed by atoms with Crippen molar-refractivity contribution in [2.75, 3.05) is 7.11 Å². The van der Waals surface area contributed by atoms with Crippen LogP contribution >= 0.6 is 11.3 Å². The molecule has 4 nitrogen and oxygen atoms in total. The minimum Gasteiger partial charge on any atom is -0.469 e. The molecule has 0 aliphatic carbocycles. The number of methoxy groups -OCH3 is 1. The van der Waals surface area contributed by atoms with Crippen LogP contribution in [-0.2, 0) is 9.53 Å². The number of rotatable bonds is 5. The Bertz CT molecular complexity index is 853. The van der Waals surface area contributed by atoms with Gasteiger partial charge in [0.2, 0.25) is 0 Å². The van der Waals surface area contributed by atoms with Crippen molar-refractivity contribution in [2.24, 2.45) is 0 Å². The van der Waals surface area contributed by atoms with Gasteiger partial charge >= 0.3 is 5.97 Å². The molecule has 1 unspecified atom stereocenters. The van der Waals surface area contributed by atoms with Crippen molar-refractivity contribution in [1.29, 1.82) is 0 Å². The van der Waals surface area contributed by atoms with Gasteiger partial charge in [0, 0.05) is 10.4 Å². The first-order chi connectivity index (χ1) is 11.7. The number of ether oxygens (including phenoxy) is 1. The molecule has 1 amide bonds. The molecule has 0 aliphatic heterocycles. The van der Waals surface area contributed by atoms with Gasteiger partial charge in [0.05, 0.1) is 19.6 Å². The lowest BCUT2D eigenvalue weighted by Gasteiger charge is -2.17. The number of nitrogens with one attached hydrogen (secondary N) is 1. The Kier molecular flexibility index (Phi) is 4.91. The molecule has 5 heteroatoms. The fraction of sp³-hybridized carbons (Fsp3) is 0.158. The number of hydrogen-bond acceptors (Lipinski definition) is 4. The van der Waals surface area contributed by atoms with E-state index >= 15 is 0 Å². The number of esters is 1. The van der Waals surface area contributed by atoms with Crippen LogP contribution < -0.4 is 5.32 Å². The summed E-state index contributed by atoms with van der Waals surface area (Å²) in [6.45, 7) is 0. The van der Waals surface area contributed by atoms with E-state index in [1.807, 2.05) is 53.9 Å². The average Bonchev–Trinajstić information content (AvgIpc) is 3.15. The van der Waals surface area contributed by atoms with Crippen molar-refractivity contribution in [3.8, 4) is 0 Å². The van der Waals surface area contributed by atoms with Gasteiger partial charge < -0.3 is 10.1 Å². The zero-order valence-corrected chi connectivity index (χ0v) is 14.0. The van der Waals surface area contributed by atoms with Gasteiger partial charge in [-0.3, -0.25) is 9.59 Å². The van der Waals surface area contributed by atoms with Crippen LogP contribution in [0.3, 0.4) is 0 Å². The highest BCUT2D eigenvalue weighted by molar-refractivity contribution is 7.10. The first kappa shape index (κ1) is 16.2. The van der Waals surface area contributed by atoms with Crippen molar-refractivity contribution in [1.82, 2.24) is 5.32 Å². The second kappa shape index (κ2) is 7.27. The molecule has 2 aromatic carbocycles. The molecule has 0 aliphatic rings. The quantitative estimate of drug-likeness (QED) is 0.717. The predicted molar refractivity (Wildman–Crippen MR) is 95.1 cm³/mol. The smallest absolute Gasteiger partial charge is 0.307 e. The van der Waals surface area contributed by atoms with E-state index in [1.165, 1.54) is 18.4 Å². The van der Waals surface area contributed by atoms with Crippen molar-refractivity contribution < 1.29 is 14.3 Å². The summed E-state index contributed by atoms with van der Waals surface area (Å²) in [7, 11) is 1.35. The molecule has 0 spiro atoms. The zero-order valence-electron chi connectivity index (χ0n) is 13.2. The third-order valence-corrected chi connectivity index (χ3v) is 4.81. The summed E-state index contributed by atoms with van der Waals surface area (Å²) in [4.78, 5) is 25.4. The number of carbonyl (C=O) groups is 2. The average molecular weight is 339 g/mol.